The molecule has 2 saturated carbocycles. The molecule has 98 valence electrons. The Morgan fingerprint density at radius 2 is 2.33 bits per heavy atom. The summed E-state index contributed by atoms with van der Waals surface area (Å²) in [6.45, 7) is 2.12. The quantitative estimate of drug-likeness (QED) is 0.633. The molecule has 0 radical (unpaired) electrons. The monoisotopic (exact) mass is 245 g/mol. The maximum atomic E-state index is 5.76. The number of rotatable bonds is 4. The molecule has 4 atom stereocenters. The lowest BCUT2D eigenvalue weighted by atomic mass is 9.83. The standard InChI is InChI=1S/C15H23N3/c1-10-3-2-6-17-15(10)14(18-16)9-13-8-11-4-5-12(13)7-11/h2-3,6,11-14,18H,4-5,7-9,16H2,1H3. The molecule has 3 N–H and O–H groups in total. The normalized spacial score (nSPS) is 31.8. The van der Waals surface area contributed by atoms with Crippen LogP contribution in [0.2, 0.25) is 0 Å². The molecule has 0 saturated heterocycles. The molecule has 0 amide bonds. The maximum absolute atomic E-state index is 5.76. The van der Waals surface area contributed by atoms with E-state index in [4.69, 9.17) is 5.84 Å². The lowest BCUT2D eigenvalue weighted by molar-refractivity contribution is 0.277. The third-order valence-electron chi connectivity index (χ3n) is 5.00. The minimum atomic E-state index is 0.218. The van der Waals surface area contributed by atoms with Gasteiger partial charge in [0.05, 0.1) is 11.7 Å². The molecular formula is C15H23N3. The summed E-state index contributed by atoms with van der Waals surface area (Å²) in [5, 5.41) is 0. The van der Waals surface area contributed by atoms with Crippen LogP contribution in [0.15, 0.2) is 18.3 Å². The highest BCUT2D eigenvalue weighted by molar-refractivity contribution is 5.21. The summed E-state index contributed by atoms with van der Waals surface area (Å²) in [6.07, 6.45) is 8.79. The summed E-state index contributed by atoms with van der Waals surface area (Å²) in [7, 11) is 0. The smallest absolute Gasteiger partial charge is 0.0637 e. The molecule has 0 aromatic carbocycles. The van der Waals surface area contributed by atoms with Gasteiger partial charge >= 0.3 is 0 Å². The predicted molar refractivity (Wildman–Crippen MR) is 72.6 cm³/mol. The van der Waals surface area contributed by atoms with Gasteiger partial charge in [0.15, 0.2) is 0 Å². The van der Waals surface area contributed by atoms with Crippen molar-refractivity contribution in [3.8, 4) is 0 Å². The first-order valence-electron chi connectivity index (χ1n) is 7.15. The molecule has 2 aliphatic carbocycles. The molecule has 18 heavy (non-hydrogen) atoms. The van der Waals surface area contributed by atoms with E-state index in [1.165, 1.54) is 31.2 Å². The molecule has 3 nitrogen and oxygen atoms in total. The lowest BCUT2D eigenvalue weighted by Gasteiger charge is -2.26. The largest absolute Gasteiger partial charge is 0.271 e. The van der Waals surface area contributed by atoms with Gasteiger partial charge in [-0.25, -0.2) is 0 Å². The Balaban J connectivity index is 1.72. The lowest BCUT2D eigenvalue weighted by Crippen LogP contribution is -2.31. The zero-order valence-corrected chi connectivity index (χ0v) is 11.1. The third kappa shape index (κ3) is 2.17. The molecule has 2 aliphatic rings. The van der Waals surface area contributed by atoms with E-state index in [2.05, 4.69) is 23.4 Å². The number of aromatic nitrogens is 1. The van der Waals surface area contributed by atoms with Crippen molar-refractivity contribution in [2.45, 2.75) is 45.1 Å². The Hall–Kier alpha value is -0.930. The van der Waals surface area contributed by atoms with Crippen molar-refractivity contribution in [1.82, 2.24) is 10.4 Å². The van der Waals surface area contributed by atoms with Crippen LogP contribution >= 0.6 is 0 Å². The average molecular weight is 245 g/mol. The Morgan fingerprint density at radius 1 is 1.44 bits per heavy atom. The van der Waals surface area contributed by atoms with E-state index in [1.807, 2.05) is 12.3 Å². The molecule has 1 aromatic heterocycles. The summed E-state index contributed by atoms with van der Waals surface area (Å²) in [5.74, 6) is 8.57. The van der Waals surface area contributed by atoms with Gasteiger partial charge in [-0.3, -0.25) is 16.3 Å². The fourth-order valence-electron chi connectivity index (χ4n) is 4.09. The van der Waals surface area contributed by atoms with Crippen molar-refractivity contribution in [1.29, 1.82) is 0 Å². The summed E-state index contributed by atoms with van der Waals surface area (Å²) < 4.78 is 0. The molecular weight excluding hydrogens is 222 g/mol. The van der Waals surface area contributed by atoms with E-state index in [1.54, 1.807) is 0 Å². The minimum Gasteiger partial charge on any atom is -0.271 e. The highest BCUT2D eigenvalue weighted by Crippen LogP contribution is 2.50. The van der Waals surface area contributed by atoms with Gasteiger partial charge in [0.2, 0.25) is 0 Å². The fourth-order valence-corrected chi connectivity index (χ4v) is 4.09. The average Bonchev–Trinajstić information content (AvgIpc) is 2.99. The Bertz CT molecular complexity index is 418. The molecule has 2 bridgehead atoms. The number of pyridine rings is 1. The summed E-state index contributed by atoms with van der Waals surface area (Å²) in [4.78, 5) is 4.51. The Kier molecular flexibility index (Phi) is 3.35. The van der Waals surface area contributed by atoms with E-state index >= 15 is 0 Å². The first-order chi connectivity index (χ1) is 8.78. The SMILES string of the molecule is Cc1cccnc1C(CC1CC2CCC1C2)NN. The third-order valence-corrected chi connectivity index (χ3v) is 5.00. The second kappa shape index (κ2) is 4.98. The van der Waals surface area contributed by atoms with Gasteiger partial charge in [-0.15, -0.1) is 0 Å². The van der Waals surface area contributed by atoms with Gasteiger partial charge in [0.25, 0.3) is 0 Å². The molecule has 2 fully saturated rings. The molecule has 1 heterocycles. The summed E-state index contributed by atoms with van der Waals surface area (Å²) >= 11 is 0. The number of nitrogens with two attached hydrogens (primary N) is 1. The highest BCUT2D eigenvalue weighted by atomic mass is 15.2. The van der Waals surface area contributed by atoms with Crippen LogP contribution in [0.1, 0.15) is 49.4 Å². The van der Waals surface area contributed by atoms with Gasteiger partial charge < -0.3 is 0 Å². The number of nitrogens with one attached hydrogen (secondary N) is 1. The van der Waals surface area contributed by atoms with Crippen LogP contribution in [0.3, 0.4) is 0 Å². The van der Waals surface area contributed by atoms with Crippen LogP contribution < -0.4 is 11.3 Å². The van der Waals surface area contributed by atoms with Crippen molar-refractivity contribution in [3.05, 3.63) is 29.6 Å². The van der Waals surface area contributed by atoms with Gasteiger partial charge in [-0.1, -0.05) is 12.5 Å². The predicted octanol–water partition coefficient (Wildman–Crippen LogP) is 2.72. The molecule has 1 aromatic rings. The second-order valence-corrected chi connectivity index (χ2v) is 6.10. The highest BCUT2D eigenvalue weighted by Gasteiger charge is 2.40. The van der Waals surface area contributed by atoms with Gasteiger partial charge in [-0.05, 0) is 62.0 Å². The van der Waals surface area contributed by atoms with Crippen molar-refractivity contribution in [2.75, 3.05) is 0 Å². The molecule has 0 spiro atoms. The first kappa shape index (κ1) is 12.1. The van der Waals surface area contributed by atoms with Crippen LogP contribution in [0.5, 0.6) is 0 Å². The zero-order valence-electron chi connectivity index (χ0n) is 11.1. The maximum Gasteiger partial charge on any atom is 0.0637 e. The summed E-state index contributed by atoms with van der Waals surface area (Å²) in [6, 6.07) is 4.33. The number of fused-ring (bicyclic) bond motifs is 2. The minimum absolute atomic E-state index is 0.218. The van der Waals surface area contributed by atoms with Crippen LogP contribution in [0.25, 0.3) is 0 Å². The van der Waals surface area contributed by atoms with Crippen molar-refractivity contribution in [3.63, 3.8) is 0 Å². The van der Waals surface area contributed by atoms with Crippen LogP contribution in [-0.4, -0.2) is 4.98 Å². The first-order valence-corrected chi connectivity index (χ1v) is 7.15. The van der Waals surface area contributed by atoms with E-state index in [0.717, 1.165) is 29.9 Å². The van der Waals surface area contributed by atoms with Crippen molar-refractivity contribution in [2.24, 2.45) is 23.6 Å². The van der Waals surface area contributed by atoms with Crippen LogP contribution in [-0.2, 0) is 0 Å². The number of nitrogens with zero attached hydrogens (tertiary/aromatic N) is 1. The molecule has 3 heteroatoms. The number of hydrogen-bond donors (Lipinski definition) is 2. The van der Waals surface area contributed by atoms with Crippen LogP contribution in [0.4, 0.5) is 0 Å². The number of hydrazine groups is 1. The number of aryl methyl sites for hydroxylation is 1. The van der Waals surface area contributed by atoms with Crippen molar-refractivity contribution >= 4 is 0 Å². The van der Waals surface area contributed by atoms with Crippen molar-refractivity contribution < 1.29 is 0 Å². The van der Waals surface area contributed by atoms with E-state index in [-0.39, 0.29) is 6.04 Å². The topological polar surface area (TPSA) is 50.9 Å². The molecule has 4 unspecified atom stereocenters. The number of hydrogen-bond acceptors (Lipinski definition) is 3. The Labute approximate surface area is 109 Å². The second-order valence-electron chi connectivity index (χ2n) is 6.10. The van der Waals surface area contributed by atoms with E-state index in [9.17, 15) is 0 Å². The fraction of sp³-hybridized carbons (Fsp3) is 0.667. The van der Waals surface area contributed by atoms with Gasteiger partial charge in [-0.2, -0.15) is 0 Å². The van der Waals surface area contributed by atoms with Gasteiger partial charge in [0.1, 0.15) is 0 Å². The van der Waals surface area contributed by atoms with Crippen LogP contribution in [0, 0.1) is 24.7 Å². The molecule has 3 rings (SSSR count). The Morgan fingerprint density at radius 3 is 2.94 bits per heavy atom. The van der Waals surface area contributed by atoms with Gasteiger partial charge in [0, 0.05) is 6.20 Å². The summed E-state index contributed by atoms with van der Waals surface area (Å²) in [5.41, 5.74) is 5.35. The van der Waals surface area contributed by atoms with E-state index in [0.29, 0.717) is 0 Å². The molecule has 0 aliphatic heterocycles. The van der Waals surface area contributed by atoms with E-state index < -0.39 is 0 Å². The zero-order chi connectivity index (χ0) is 12.5.